The summed E-state index contributed by atoms with van der Waals surface area (Å²) in [5.41, 5.74) is 5.94. The molecule has 116 valence electrons. The van der Waals surface area contributed by atoms with Crippen LogP contribution in [0.4, 0.5) is 0 Å². The molecule has 0 aliphatic rings. The number of carbonyl (C=O) groups excluding carboxylic acids is 1. The summed E-state index contributed by atoms with van der Waals surface area (Å²) in [5, 5.41) is 13.0. The van der Waals surface area contributed by atoms with Crippen LogP contribution in [0.15, 0.2) is 24.8 Å². The minimum absolute atomic E-state index is 0.277. The summed E-state index contributed by atoms with van der Waals surface area (Å²) in [6, 6.07) is 2.48. The third kappa shape index (κ3) is 5.21. The Kier molecular flexibility index (Phi) is 6.98. The fourth-order valence-electron chi connectivity index (χ4n) is 1.73. The zero-order valence-corrected chi connectivity index (χ0v) is 13.1. The predicted octanol–water partition coefficient (Wildman–Crippen LogP) is 1.88. The Labute approximate surface area is 133 Å². The highest BCUT2D eigenvalue weighted by atomic mass is 35.5. The van der Waals surface area contributed by atoms with Gasteiger partial charge >= 0.3 is 0 Å². The number of ether oxygens (including phenoxy) is 1. The van der Waals surface area contributed by atoms with Gasteiger partial charge in [0.1, 0.15) is 12.6 Å². The smallest absolute Gasteiger partial charge is 0.237 e. The number of aliphatic hydroxyl groups is 1. The van der Waals surface area contributed by atoms with Gasteiger partial charge in [0.2, 0.25) is 5.91 Å². The molecule has 0 saturated heterocycles. The van der Waals surface area contributed by atoms with Crippen molar-refractivity contribution in [2.75, 3.05) is 6.61 Å². The van der Waals surface area contributed by atoms with Crippen molar-refractivity contribution in [1.82, 2.24) is 5.32 Å². The van der Waals surface area contributed by atoms with E-state index in [-0.39, 0.29) is 6.54 Å². The molecule has 1 rings (SSSR count). The maximum Gasteiger partial charge on any atom is 0.237 e. The van der Waals surface area contributed by atoms with E-state index in [1.54, 1.807) is 18.2 Å². The monoisotopic (exact) mass is 332 g/mol. The molecule has 21 heavy (non-hydrogen) atoms. The maximum atomic E-state index is 11.2. The topological polar surface area (TPSA) is 84.6 Å². The van der Waals surface area contributed by atoms with Gasteiger partial charge in [-0.1, -0.05) is 35.9 Å². The number of hydrogen-bond donors (Lipinski definition) is 3. The van der Waals surface area contributed by atoms with Gasteiger partial charge in [0.15, 0.2) is 5.75 Å². The third-order valence-electron chi connectivity index (χ3n) is 2.72. The molecule has 0 bridgehead atoms. The lowest BCUT2D eigenvalue weighted by atomic mass is 10.1. The minimum Gasteiger partial charge on any atom is -0.486 e. The Hall–Kier alpha value is -1.27. The number of hydrogen-bond acceptors (Lipinski definition) is 4. The summed E-state index contributed by atoms with van der Waals surface area (Å²) in [6.07, 6.45) is 0.686. The second kappa shape index (κ2) is 8.24. The predicted molar refractivity (Wildman–Crippen MR) is 83.7 cm³/mol. The standard InChI is InChI=1S/C14H18Cl2N2O3/c1-3-4-21-13-10(15)5-9(6-11(13)16)7-18-12(8(2)19)14(17)20/h3,5-6,8,12,18-19H,1,4,7H2,2H3,(H2,17,20)/t8-,12+/m1/s1. The zero-order chi connectivity index (χ0) is 16.0. The quantitative estimate of drug-likeness (QED) is 0.634. The van der Waals surface area contributed by atoms with E-state index in [0.29, 0.717) is 22.4 Å². The Morgan fingerprint density at radius 2 is 2.10 bits per heavy atom. The highest BCUT2D eigenvalue weighted by molar-refractivity contribution is 6.37. The SMILES string of the molecule is C=CCOc1c(Cl)cc(CN[C@H](C(N)=O)[C@@H](C)O)cc1Cl. The van der Waals surface area contributed by atoms with Crippen LogP contribution in [-0.2, 0) is 11.3 Å². The molecule has 5 nitrogen and oxygen atoms in total. The first-order chi connectivity index (χ1) is 9.86. The number of rotatable bonds is 8. The van der Waals surface area contributed by atoms with Crippen molar-refractivity contribution in [1.29, 1.82) is 0 Å². The van der Waals surface area contributed by atoms with E-state index in [1.165, 1.54) is 6.92 Å². The van der Waals surface area contributed by atoms with Gasteiger partial charge in [-0.15, -0.1) is 0 Å². The van der Waals surface area contributed by atoms with Crippen LogP contribution in [0.2, 0.25) is 10.0 Å². The number of primary amides is 1. The molecule has 7 heteroatoms. The molecule has 1 aromatic rings. The molecule has 0 radical (unpaired) electrons. The lowest BCUT2D eigenvalue weighted by Crippen LogP contribution is -2.47. The highest BCUT2D eigenvalue weighted by Crippen LogP contribution is 2.34. The number of benzene rings is 1. The Bertz CT molecular complexity index is 498. The number of nitrogens with two attached hydrogens (primary N) is 1. The van der Waals surface area contributed by atoms with Crippen LogP contribution in [0.1, 0.15) is 12.5 Å². The second-order valence-electron chi connectivity index (χ2n) is 4.49. The number of amides is 1. The molecular weight excluding hydrogens is 315 g/mol. The van der Waals surface area contributed by atoms with Gasteiger partial charge in [-0.05, 0) is 24.6 Å². The van der Waals surface area contributed by atoms with Gasteiger partial charge in [0, 0.05) is 6.54 Å². The van der Waals surface area contributed by atoms with E-state index in [1.807, 2.05) is 0 Å². The van der Waals surface area contributed by atoms with Gasteiger partial charge in [0.25, 0.3) is 0 Å². The maximum absolute atomic E-state index is 11.2. The van der Waals surface area contributed by atoms with E-state index in [2.05, 4.69) is 11.9 Å². The molecule has 0 fully saturated rings. The molecule has 0 heterocycles. The van der Waals surface area contributed by atoms with Gasteiger partial charge in [0.05, 0.1) is 16.1 Å². The summed E-state index contributed by atoms with van der Waals surface area (Å²) >= 11 is 12.2. The molecule has 0 aromatic heterocycles. The minimum atomic E-state index is -0.899. The highest BCUT2D eigenvalue weighted by Gasteiger charge is 2.20. The fourth-order valence-corrected chi connectivity index (χ4v) is 2.37. The van der Waals surface area contributed by atoms with Crippen molar-refractivity contribution >= 4 is 29.1 Å². The first kappa shape index (κ1) is 17.8. The summed E-state index contributed by atoms with van der Waals surface area (Å²) in [5.74, 6) is -0.253. The van der Waals surface area contributed by atoms with Gasteiger partial charge < -0.3 is 15.6 Å². The van der Waals surface area contributed by atoms with E-state index in [4.69, 9.17) is 33.7 Å². The molecule has 0 saturated carbocycles. The first-order valence-electron chi connectivity index (χ1n) is 6.29. The van der Waals surface area contributed by atoms with Crippen LogP contribution in [0.3, 0.4) is 0 Å². The van der Waals surface area contributed by atoms with Crippen molar-refractivity contribution in [3.63, 3.8) is 0 Å². The normalized spacial score (nSPS) is 13.5. The first-order valence-corrected chi connectivity index (χ1v) is 7.04. The number of aliphatic hydroxyl groups excluding tert-OH is 1. The zero-order valence-electron chi connectivity index (χ0n) is 11.6. The Morgan fingerprint density at radius 1 is 1.52 bits per heavy atom. The van der Waals surface area contributed by atoms with Crippen LogP contribution in [0.25, 0.3) is 0 Å². The van der Waals surface area contributed by atoms with Gasteiger partial charge in [-0.25, -0.2) is 0 Å². The average Bonchev–Trinajstić information content (AvgIpc) is 2.37. The number of carbonyl (C=O) groups is 1. The molecule has 1 aromatic carbocycles. The van der Waals surface area contributed by atoms with Crippen LogP contribution < -0.4 is 15.8 Å². The summed E-state index contributed by atoms with van der Waals surface area (Å²) in [7, 11) is 0. The van der Waals surface area contributed by atoms with Crippen LogP contribution in [0, 0.1) is 0 Å². The second-order valence-corrected chi connectivity index (χ2v) is 5.30. The van der Waals surface area contributed by atoms with Crippen molar-refractivity contribution in [3.05, 3.63) is 40.4 Å². The molecular formula is C14H18Cl2N2O3. The summed E-state index contributed by atoms with van der Waals surface area (Å²) in [6.45, 7) is 5.60. The molecule has 0 spiro atoms. The molecule has 0 aliphatic carbocycles. The van der Waals surface area contributed by atoms with Crippen molar-refractivity contribution in [2.45, 2.75) is 25.6 Å². The molecule has 4 N–H and O–H groups in total. The number of halogens is 2. The van der Waals surface area contributed by atoms with Gasteiger partial charge in [-0.2, -0.15) is 0 Å². The lowest BCUT2D eigenvalue weighted by Gasteiger charge is -2.18. The Morgan fingerprint density at radius 3 is 2.52 bits per heavy atom. The molecule has 1 amide bonds. The van der Waals surface area contributed by atoms with Crippen LogP contribution in [0.5, 0.6) is 5.75 Å². The third-order valence-corrected chi connectivity index (χ3v) is 3.28. The van der Waals surface area contributed by atoms with Crippen LogP contribution >= 0.6 is 23.2 Å². The van der Waals surface area contributed by atoms with E-state index in [0.717, 1.165) is 5.56 Å². The number of nitrogens with one attached hydrogen (secondary N) is 1. The van der Waals surface area contributed by atoms with Gasteiger partial charge in [-0.3, -0.25) is 10.1 Å². The van der Waals surface area contributed by atoms with Crippen LogP contribution in [-0.4, -0.2) is 29.8 Å². The Balaban J connectivity index is 2.81. The fraction of sp³-hybridized carbons (Fsp3) is 0.357. The van der Waals surface area contributed by atoms with Crippen molar-refractivity contribution < 1.29 is 14.6 Å². The summed E-state index contributed by atoms with van der Waals surface area (Å²) in [4.78, 5) is 11.2. The molecule has 0 unspecified atom stereocenters. The van der Waals surface area contributed by atoms with E-state index in [9.17, 15) is 9.90 Å². The largest absolute Gasteiger partial charge is 0.486 e. The lowest BCUT2D eigenvalue weighted by molar-refractivity contribution is -0.122. The molecule has 0 aliphatic heterocycles. The van der Waals surface area contributed by atoms with E-state index >= 15 is 0 Å². The summed E-state index contributed by atoms with van der Waals surface area (Å²) < 4.78 is 5.36. The average molecular weight is 333 g/mol. The molecule has 2 atom stereocenters. The van der Waals surface area contributed by atoms with E-state index < -0.39 is 18.1 Å². The van der Waals surface area contributed by atoms with Crippen molar-refractivity contribution in [2.24, 2.45) is 5.73 Å². The van der Waals surface area contributed by atoms with Crippen molar-refractivity contribution in [3.8, 4) is 5.75 Å².